The first-order valence-corrected chi connectivity index (χ1v) is 12.5. The van der Waals surface area contributed by atoms with Crippen LogP contribution in [0.25, 0.3) is 0 Å². The van der Waals surface area contributed by atoms with E-state index in [9.17, 15) is 0 Å². The summed E-state index contributed by atoms with van der Waals surface area (Å²) in [5.41, 5.74) is 1.97. The van der Waals surface area contributed by atoms with Gasteiger partial charge in [-0.3, -0.25) is 0 Å². The Morgan fingerprint density at radius 3 is 2.38 bits per heavy atom. The molecule has 5 nitrogen and oxygen atoms in total. The molecule has 0 fully saturated rings. The first kappa shape index (κ1) is 28.6. The number of nitrogens with zero attached hydrogens (tertiary/aromatic N) is 1. The van der Waals surface area contributed by atoms with Crippen LogP contribution < -0.4 is 9.47 Å². The molecule has 0 N–H and O–H groups in total. The monoisotopic (exact) mass is 547 g/mol. The van der Waals surface area contributed by atoms with Crippen LogP contribution in [-0.4, -0.2) is 38.2 Å². The maximum Gasteiger partial charge on any atom is 0.156 e. The predicted molar refractivity (Wildman–Crippen MR) is 141 cm³/mol. The van der Waals surface area contributed by atoms with Gasteiger partial charge in [-0.2, -0.15) is 0 Å². The third-order valence-electron chi connectivity index (χ3n) is 4.60. The van der Waals surface area contributed by atoms with Gasteiger partial charge in [-0.15, -0.1) is 0 Å². The average Bonchev–Trinajstić information content (AvgIpc) is 2.80. The number of rotatable bonds is 15. The number of oxime groups is 1. The van der Waals surface area contributed by atoms with Crippen molar-refractivity contribution in [2.24, 2.45) is 5.16 Å². The number of benzene rings is 2. The summed E-state index contributed by atoms with van der Waals surface area (Å²) in [6.07, 6.45) is 3.85. The zero-order valence-corrected chi connectivity index (χ0v) is 22.3. The Morgan fingerprint density at radius 2 is 1.74 bits per heavy atom. The van der Waals surface area contributed by atoms with Crippen molar-refractivity contribution in [2.45, 2.75) is 39.2 Å². The van der Waals surface area contributed by atoms with E-state index in [4.69, 9.17) is 65.5 Å². The first-order valence-electron chi connectivity index (χ1n) is 11.0. The molecule has 0 bridgehead atoms. The molecule has 1 atom stereocenters. The van der Waals surface area contributed by atoms with Crippen molar-refractivity contribution in [3.8, 4) is 11.5 Å². The fourth-order valence-electron chi connectivity index (χ4n) is 2.92. The molecule has 0 aliphatic rings. The van der Waals surface area contributed by atoms with Gasteiger partial charge in [0.1, 0.15) is 23.5 Å². The maximum absolute atomic E-state index is 6.29. The van der Waals surface area contributed by atoms with Crippen LogP contribution in [0.2, 0.25) is 10.0 Å². The highest BCUT2D eigenvalue weighted by Crippen LogP contribution is 2.37. The zero-order chi connectivity index (χ0) is 24.8. The Hall–Kier alpha value is -1.63. The van der Waals surface area contributed by atoms with E-state index in [0.717, 1.165) is 24.1 Å². The van der Waals surface area contributed by atoms with Crippen molar-refractivity contribution < 1.29 is 19.0 Å². The highest BCUT2D eigenvalue weighted by Gasteiger charge is 2.12. The molecule has 0 saturated heterocycles. The molecule has 2 rings (SSSR count). The lowest BCUT2D eigenvalue weighted by atomic mass is 10.0. The van der Waals surface area contributed by atoms with Crippen molar-refractivity contribution in [3.63, 3.8) is 0 Å². The fraction of sp³-hybridized carbons (Fsp3) is 0.400. The largest absolute Gasteiger partial charge is 0.490 e. The lowest BCUT2D eigenvalue weighted by Gasteiger charge is -2.15. The summed E-state index contributed by atoms with van der Waals surface area (Å²) >= 11 is 23.7. The third kappa shape index (κ3) is 10.7. The second-order valence-electron chi connectivity index (χ2n) is 7.26. The molecule has 0 radical (unpaired) electrons. The second-order valence-corrected chi connectivity index (χ2v) is 9.09. The van der Waals surface area contributed by atoms with Crippen molar-refractivity contribution in [2.75, 3.05) is 26.4 Å². The van der Waals surface area contributed by atoms with E-state index in [0.29, 0.717) is 47.8 Å². The minimum absolute atomic E-state index is 0.0645. The molecule has 9 heteroatoms. The Morgan fingerprint density at radius 1 is 1.03 bits per heavy atom. The molecular weight excluding hydrogens is 520 g/mol. The Balaban J connectivity index is 1.73. The lowest BCUT2D eigenvalue weighted by molar-refractivity contribution is 0.0534. The molecule has 0 heterocycles. The summed E-state index contributed by atoms with van der Waals surface area (Å²) in [4.78, 5) is 5.28. The summed E-state index contributed by atoms with van der Waals surface area (Å²) in [7, 11) is 0. The van der Waals surface area contributed by atoms with Crippen LogP contribution in [0.4, 0.5) is 0 Å². The Bertz CT molecular complexity index is 911. The molecule has 0 aromatic heterocycles. The van der Waals surface area contributed by atoms with Crippen LogP contribution in [0, 0.1) is 0 Å². The number of ether oxygens (including phenoxy) is 3. The topological polar surface area (TPSA) is 49.3 Å². The molecule has 0 spiro atoms. The van der Waals surface area contributed by atoms with Gasteiger partial charge in [-0.05, 0) is 38.3 Å². The normalized spacial score (nSPS) is 12.2. The molecule has 34 heavy (non-hydrogen) atoms. The zero-order valence-electron chi connectivity index (χ0n) is 19.2. The van der Waals surface area contributed by atoms with Crippen molar-refractivity contribution >= 4 is 52.1 Å². The van der Waals surface area contributed by atoms with Gasteiger partial charge in [0, 0.05) is 18.6 Å². The lowest BCUT2D eigenvalue weighted by Crippen LogP contribution is -2.14. The Kier molecular flexibility index (Phi) is 13.6. The average molecular weight is 549 g/mol. The maximum atomic E-state index is 6.29. The second kappa shape index (κ2) is 16.1. The van der Waals surface area contributed by atoms with Crippen LogP contribution in [0.15, 0.2) is 58.2 Å². The van der Waals surface area contributed by atoms with Crippen LogP contribution in [0.1, 0.15) is 38.7 Å². The number of halogens is 4. The molecule has 2 aromatic rings. The summed E-state index contributed by atoms with van der Waals surface area (Å²) in [5.74, 6) is 0.905. The SMILES string of the molecule is CCON=C(CCC(C)OCCCOc1c(Cl)cc(OCC=C(Cl)Cl)cc1Cl)c1ccccc1. The van der Waals surface area contributed by atoms with Crippen molar-refractivity contribution in [3.05, 3.63) is 68.6 Å². The van der Waals surface area contributed by atoms with Gasteiger partial charge in [0.05, 0.1) is 35.1 Å². The van der Waals surface area contributed by atoms with E-state index in [-0.39, 0.29) is 17.2 Å². The van der Waals surface area contributed by atoms with Crippen LogP contribution in [0.5, 0.6) is 11.5 Å². The van der Waals surface area contributed by atoms with Crippen LogP contribution in [-0.2, 0) is 9.57 Å². The summed E-state index contributed by atoms with van der Waals surface area (Å²) in [6.45, 7) is 5.66. The molecule has 1 unspecified atom stereocenters. The fourth-order valence-corrected chi connectivity index (χ4v) is 3.62. The summed E-state index contributed by atoms with van der Waals surface area (Å²) < 4.78 is 17.3. The van der Waals surface area contributed by atoms with Crippen LogP contribution in [0.3, 0.4) is 0 Å². The minimum Gasteiger partial charge on any atom is -0.490 e. The van der Waals surface area contributed by atoms with E-state index in [1.807, 2.05) is 44.2 Å². The summed E-state index contributed by atoms with van der Waals surface area (Å²) in [6, 6.07) is 13.3. The smallest absolute Gasteiger partial charge is 0.156 e. The quantitative estimate of drug-likeness (QED) is 0.128. The van der Waals surface area contributed by atoms with Crippen molar-refractivity contribution in [1.82, 2.24) is 0 Å². The third-order valence-corrected chi connectivity index (χ3v) is 5.47. The molecule has 0 aliphatic carbocycles. The van der Waals surface area contributed by atoms with Gasteiger partial charge >= 0.3 is 0 Å². The highest BCUT2D eigenvalue weighted by atomic mass is 35.5. The van der Waals surface area contributed by atoms with Gasteiger partial charge in [0.2, 0.25) is 0 Å². The molecule has 0 aliphatic heterocycles. The predicted octanol–water partition coefficient (Wildman–Crippen LogP) is 8.09. The first-order chi connectivity index (χ1) is 16.4. The standard InChI is InChI=1S/C25H29Cl4NO4/c1-3-34-30-23(19-8-5-4-6-9-19)11-10-18(2)31-13-7-14-33-25-21(26)16-20(17-22(25)27)32-15-12-24(28)29/h4-6,8-9,12,16-18H,3,7,10-11,13-15H2,1-2H3. The molecule has 0 saturated carbocycles. The molecule has 186 valence electrons. The van der Waals surface area contributed by atoms with E-state index in [1.165, 1.54) is 6.08 Å². The van der Waals surface area contributed by atoms with E-state index < -0.39 is 0 Å². The van der Waals surface area contributed by atoms with Gasteiger partial charge in [0.25, 0.3) is 0 Å². The Labute approximate surface area is 221 Å². The van der Waals surface area contributed by atoms with Gasteiger partial charge in [-0.1, -0.05) is 81.9 Å². The summed E-state index contributed by atoms with van der Waals surface area (Å²) in [5, 5.41) is 4.99. The number of hydrogen-bond donors (Lipinski definition) is 0. The van der Waals surface area contributed by atoms with Crippen molar-refractivity contribution in [1.29, 1.82) is 0 Å². The van der Waals surface area contributed by atoms with Gasteiger partial charge in [-0.25, -0.2) is 0 Å². The molecular formula is C25H29Cl4NO4. The minimum atomic E-state index is 0.0645. The van der Waals surface area contributed by atoms with Gasteiger partial charge < -0.3 is 19.0 Å². The van der Waals surface area contributed by atoms with E-state index >= 15 is 0 Å². The molecule has 0 amide bonds. The number of hydrogen-bond acceptors (Lipinski definition) is 5. The highest BCUT2D eigenvalue weighted by molar-refractivity contribution is 6.55. The van der Waals surface area contributed by atoms with Crippen LogP contribution >= 0.6 is 46.4 Å². The molecule has 2 aromatic carbocycles. The van der Waals surface area contributed by atoms with Gasteiger partial charge in [0.15, 0.2) is 5.75 Å². The van der Waals surface area contributed by atoms with E-state index in [2.05, 4.69) is 5.16 Å². The van der Waals surface area contributed by atoms with E-state index in [1.54, 1.807) is 12.1 Å².